The van der Waals surface area contributed by atoms with Crippen molar-refractivity contribution in [2.45, 2.75) is 32.7 Å². The van der Waals surface area contributed by atoms with Gasteiger partial charge >= 0.3 is 6.18 Å². The van der Waals surface area contributed by atoms with Crippen molar-refractivity contribution in [2.75, 3.05) is 0 Å². The minimum atomic E-state index is -4.72. The molecular weight excluding hydrogens is 307 g/mol. The van der Waals surface area contributed by atoms with E-state index in [1.54, 1.807) is 13.8 Å². The van der Waals surface area contributed by atoms with E-state index in [0.29, 0.717) is 0 Å². The topological polar surface area (TPSA) is 38.0 Å². The molecule has 0 unspecified atom stereocenters. The lowest BCUT2D eigenvalue weighted by molar-refractivity contribution is -0.140. The molecule has 0 aliphatic carbocycles. The van der Waals surface area contributed by atoms with Gasteiger partial charge in [-0.3, -0.25) is 0 Å². The molecule has 0 spiro atoms. The van der Waals surface area contributed by atoms with E-state index in [1.165, 1.54) is 0 Å². The summed E-state index contributed by atoms with van der Waals surface area (Å²) in [4.78, 5) is 3.35. The maximum absolute atomic E-state index is 14.0. The fourth-order valence-electron chi connectivity index (χ4n) is 2.04. The Kier molecular flexibility index (Phi) is 4.23. The minimum Gasteiger partial charge on any atom is -0.392 e. The maximum atomic E-state index is 14.0. The predicted molar refractivity (Wildman–Crippen MR) is 68.9 cm³/mol. The first kappa shape index (κ1) is 16.4. The molecule has 0 amide bonds. The predicted octanol–water partition coefficient (Wildman–Crippen LogP) is 3.92. The second-order valence-electron chi connectivity index (χ2n) is 5.04. The lowest BCUT2D eigenvalue weighted by Crippen LogP contribution is -2.05. The quantitative estimate of drug-likeness (QED) is 0.871. The lowest BCUT2D eigenvalue weighted by atomic mass is 10.1. The number of hydrogen-bond donors (Lipinski definition) is 1. The van der Waals surface area contributed by atoms with Crippen LogP contribution in [0.3, 0.4) is 0 Å². The van der Waals surface area contributed by atoms with E-state index in [-0.39, 0.29) is 5.56 Å². The van der Waals surface area contributed by atoms with E-state index in [2.05, 4.69) is 4.98 Å². The van der Waals surface area contributed by atoms with Gasteiger partial charge in [0.25, 0.3) is 0 Å². The van der Waals surface area contributed by atoms with Crippen molar-refractivity contribution in [2.24, 2.45) is 0 Å². The Balaban J connectivity index is 2.69. The summed E-state index contributed by atoms with van der Waals surface area (Å²) in [6.45, 7) is 2.56. The molecule has 0 saturated heterocycles. The minimum absolute atomic E-state index is 0.0163. The second-order valence-corrected chi connectivity index (χ2v) is 5.04. The van der Waals surface area contributed by atoms with Crippen molar-refractivity contribution in [3.05, 3.63) is 41.2 Å². The monoisotopic (exact) mass is 320 g/mol. The van der Waals surface area contributed by atoms with Crippen LogP contribution in [0.1, 0.15) is 31.1 Å². The standard InChI is InChI=1S/C14H13F5N2O/c1-7(2)21-5-11(14(17,18)19)20-13(21)12-9(15)3-8(6-22)4-10(12)16/h3-5,7,22H,6H2,1-2H3. The zero-order valence-electron chi connectivity index (χ0n) is 11.7. The van der Waals surface area contributed by atoms with E-state index in [1.807, 2.05) is 0 Å². The first-order valence-electron chi connectivity index (χ1n) is 6.40. The number of aromatic nitrogens is 2. The molecule has 0 bridgehead atoms. The molecule has 0 radical (unpaired) electrons. The van der Waals surface area contributed by atoms with Gasteiger partial charge in [-0.15, -0.1) is 0 Å². The highest BCUT2D eigenvalue weighted by molar-refractivity contribution is 5.59. The van der Waals surface area contributed by atoms with Gasteiger partial charge in [0, 0.05) is 12.2 Å². The van der Waals surface area contributed by atoms with Gasteiger partial charge in [-0.25, -0.2) is 13.8 Å². The Morgan fingerprint density at radius 2 is 1.73 bits per heavy atom. The highest BCUT2D eigenvalue weighted by Gasteiger charge is 2.36. The average molecular weight is 320 g/mol. The molecule has 120 valence electrons. The van der Waals surface area contributed by atoms with Crippen LogP contribution < -0.4 is 0 Å². The van der Waals surface area contributed by atoms with Crippen LogP contribution in [0.15, 0.2) is 18.3 Å². The molecule has 1 aromatic heterocycles. The highest BCUT2D eigenvalue weighted by Crippen LogP contribution is 2.34. The Hall–Kier alpha value is -1.96. The molecular formula is C14H13F5N2O. The van der Waals surface area contributed by atoms with Crippen molar-refractivity contribution < 1.29 is 27.1 Å². The summed E-state index contributed by atoms with van der Waals surface area (Å²) in [7, 11) is 0. The highest BCUT2D eigenvalue weighted by atomic mass is 19.4. The van der Waals surface area contributed by atoms with Gasteiger partial charge in [-0.2, -0.15) is 13.2 Å². The summed E-state index contributed by atoms with van der Waals surface area (Å²) in [5, 5.41) is 8.90. The number of halogens is 5. The van der Waals surface area contributed by atoms with E-state index >= 15 is 0 Å². The fourth-order valence-corrected chi connectivity index (χ4v) is 2.04. The zero-order valence-corrected chi connectivity index (χ0v) is 11.7. The van der Waals surface area contributed by atoms with Crippen molar-refractivity contribution in [3.63, 3.8) is 0 Å². The molecule has 1 N–H and O–H groups in total. The van der Waals surface area contributed by atoms with Gasteiger partial charge in [-0.1, -0.05) is 0 Å². The number of rotatable bonds is 3. The summed E-state index contributed by atoms with van der Waals surface area (Å²) in [5.41, 5.74) is -1.89. The van der Waals surface area contributed by atoms with E-state index in [4.69, 9.17) is 5.11 Å². The maximum Gasteiger partial charge on any atom is 0.434 e. The Morgan fingerprint density at radius 3 is 2.14 bits per heavy atom. The number of alkyl halides is 3. The van der Waals surface area contributed by atoms with Gasteiger partial charge in [0.15, 0.2) is 5.69 Å². The van der Waals surface area contributed by atoms with Gasteiger partial charge in [-0.05, 0) is 31.5 Å². The van der Waals surface area contributed by atoms with Crippen molar-refractivity contribution in [3.8, 4) is 11.4 Å². The summed E-state index contributed by atoms with van der Waals surface area (Å²) in [6.07, 6.45) is -3.99. The van der Waals surface area contributed by atoms with Crippen molar-refractivity contribution in [1.82, 2.24) is 9.55 Å². The molecule has 0 fully saturated rings. The Labute approximate surface area is 123 Å². The molecule has 1 aromatic carbocycles. The third-order valence-electron chi connectivity index (χ3n) is 3.09. The van der Waals surface area contributed by atoms with E-state index < -0.39 is 47.5 Å². The molecule has 22 heavy (non-hydrogen) atoms. The van der Waals surface area contributed by atoms with Crippen molar-refractivity contribution in [1.29, 1.82) is 0 Å². The van der Waals surface area contributed by atoms with E-state index in [9.17, 15) is 22.0 Å². The van der Waals surface area contributed by atoms with Crippen LogP contribution in [-0.4, -0.2) is 14.7 Å². The normalized spacial score (nSPS) is 12.2. The van der Waals surface area contributed by atoms with Gasteiger partial charge in [0.1, 0.15) is 17.5 Å². The van der Waals surface area contributed by atoms with Crippen LogP contribution >= 0.6 is 0 Å². The summed E-state index contributed by atoms with van der Waals surface area (Å²) < 4.78 is 67.5. The van der Waals surface area contributed by atoms with Crippen LogP contribution in [0.2, 0.25) is 0 Å². The van der Waals surface area contributed by atoms with E-state index in [0.717, 1.165) is 22.9 Å². The summed E-state index contributed by atoms with van der Waals surface area (Å²) in [6, 6.07) is 1.26. The van der Waals surface area contributed by atoms with Crippen LogP contribution in [0.25, 0.3) is 11.4 Å². The van der Waals surface area contributed by atoms with Crippen molar-refractivity contribution >= 4 is 0 Å². The molecule has 0 saturated carbocycles. The van der Waals surface area contributed by atoms with Gasteiger partial charge < -0.3 is 9.67 Å². The van der Waals surface area contributed by atoms with Crippen LogP contribution in [0.4, 0.5) is 22.0 Å². The summed E-state index contributed by atoms with van der Waals surface area (Å²) in [5.74, 6) is -2.60. The lowest BCUT2D eigenvalue weighted by Gasteiger charge is -2.13. The number of aliphatic hydroxyl groups excluding tert-OH is 1. The molecule has 2 aromatic rings. The van der Waals surface area contributed by atoms with Crippen LogP contribution in [0.5, 0.6) is 0 Å². The summed E-state index contributed by atoms with van der Waals surface area (Å²) >= 11 is 0. The van der Waals surface area contributed by atoms with Gasteiger partial charge in [0.2, 0.25) is 0 Å². The molecule has 2 rings (SSSR count). The number of aliphatic hydroxyl groups is 1. The molecule has 3 nitrogen and oxygen atoms in total. The molecule has 0 aliphatic rings. The molecule has 0 aliphatic heterocycles. The SMILES string of the molecule is CC(C)n1cc(C(F)(F)F)nc1-c1c(F)cc(CO)cc1F. The second kappa shape index (κ2) is 5.68. The Bertz CT molecular complexity index is 668. The smallest absolute Gasteiger partial charge is 0.392 e. The third-order valence-corrected chi connectivity index (χ3v) is 3.09. The van der Waals surface area contributed by atoms with Crippen LogP contribution in [0, 0.1) is 11.6 Å². The fraction of sp³-hybridized carbons (Fsp3) is 0.357. The number of nitrogens with zero attached hydrogens (tertiary/aromatic N) is 2. The number of benzene rings is 1. The average Bonchev–Trinajstić information content (AvgIpc) is 2.82. The first-order chi connectivity index (χ1) is 10.1. The van der Waals surface area contributed by atoms with Gasteiger partial charge in [0.05, 0.1) is 12.2 Å². The first-order valence-corrected chi connectivity index (χ1v) is 6.40. The molecule has 8 heteroatoms. The largest absolute Gasteiger partial charge is 0.434 e. The third kappa shape index (κ3) is 2.96. The van der Waals surface area contributed by atoms with Crippen LogP contribution in [-0.2, 0) is 12.8 Å². The Morgan fingerprint density at radius 1 is 1.18 bits per heavy atom. The molecule has 1 heterocycles. The number of imidazole rings is 1. The number of hydrogen-bond acceptors (Lipinski definition) is 2. The molecule has 0 atom stereocenters. The zero-order chi connectivity index (χ0) is 16.7.